The van der Waals surface area contributed by atoms with E-state index in [0.29, 0.717) is 0 Å². The van der Waals surface area contributed by atoms with Crippen molar-refractivity contribution in [3.05, 3.63) is 71.8 Å². The number of rotatable bonds is 0. The largest absolute Gasteiger partial charge is 0.0616 e. The summed E-state index contributed by atoms with van der Waals surface area (Å²) in [5.74, 6) is 0. The summed E-state index contributed by atoms with van der Waals surface area (Å²) in [5.41, 5.74) is 2.98. The Hall–Kier alpha value is -2.34. The number of fused-ring (bicyclic) bond motifs is 4. The smallest absolute Gasteiger partial charge is 0.00989 e. The summed E-state index contributed by atoms with van der Waals surface area (Å²) < 4.78 is 0. The Morgan fingerprint density at radius 3 is 1.83 bits per heavy atom. The summed E-state index contributed by atoms with van der Waals surface area (Å²) in [4.78, 5) is 0. The van der Waals surface area contributed by atoms with Crippen LogP contribution in [0.25, 0.3) is 32.3 Å². The third kappa shape index (κ3) is 2.30. The van der Waals surface area contributed by atoms with E-state index in [-0.39, 0.29) is 5.41 Å². The van der Waals surface area contributed by atoms with Gasteiger partial charge in [0, 0.05) is 0 Å². The fourth-order valence-corrected chi connectivity index (χ4v) is 3.72. The molecule has 0 aromatic heterocycles. The first-order chi connectivity index (χ1) is 10.9. The molecule has 0 N–H and O–H groups in total. The summed E-state index contributed by atoms with van der Waals surface area (Å²) in [6.07, 6.45) is 0. The molecular weight excluding hydrogens is 276 g/mol. The zero-order valence-electron chi connectivity index (χ0n) is 14.3. The van der Waals surface area contributed by atoms with Crippen LogP contribution in [0.4, 0.5) is 0 Å². The summed E-state index contributed by atoms with van der Waals surface area (Å²) in [5, 5.41) is 7.99. The molecule has 0 saturated heterocycles. The van der Waals surface area contributed by atoms with Gasteiger partial charge in [-0.25, -0.2) is 0 Å². The normalized spacial score (nSPS) is 12.3. The van der Waals surface area contributed by atoms with E-state index in [0.717, 1.165) is 0 Å². The van der Waals surface area contributed by atoms with Crippen LogP contribution in [0.1, 0.15) is 31.9 Å². The summed E-state index contributed by atoms with van der Waals surface area (Å²) in [6, 6.07) is 22.5. The number of hydrogen-bond donors (Lipinski definition) is 0. The predicted octanol–water partition coefficient (Wildman–Crippen LogP) is 6.75. The molecule has 114 valence electrons. The van der Waals surface area contributed by atoms with Crippen molar-refractivity contribution in [2.24, 2.45) is 0 Å². The maximum absolute atomic E-state index is 2.40. The molecule has 0 aliphatic heterocycles. The topological polar surface area (TPSA) is 0 Å². The van der Waals surface area contributed by atoms with Crippen LogP contribution in [-0.4, -0.2) is 0 Å². The average molecular weight is 298 g/mol. The highest BCUT2D eigenvalue weighted by atomic mass is 14.2. The molecule has 0 spiro atoms. The maximum atomic E-state index is 2.40. The predicted molar refractivity (Wildman–Crippen MR) is 102 cm³/mol. The third-order valence-electron chi connectivity index (χ3n) is 4.86. The minimum atomic E-state index is 0.164. The van der Waals surface area contributed by atoms with E-state index in [4.69, 9.17) is 0 Å². The van der Waals surface area contributed by atoms with E-state index >= 15 is 0 Å². The standard InChI is InChI=1S/C23H22/c1-15-11-18-9-10-19-12-16-7-5-6-8-17(16)13-20(19)21(18)14-22(15)23(2,3)4/h5-14H,1-4H3. The van der Waals surface area contributed by atoms with Crippen molar-refractivity contribution in [3.8, 4) is 0 Å². The monoisotopic (exact) mass is 298 g/mol. The van der Waals surface area contributed by atoms with Crippen LogP contribution in [0.5, 0.6) is 0 Å². The summed E-state index contributed by atoms with van der Waals surface area (Å²) in [6.45, 7) is 9.11. The molecule has 0 aliphatic carbocycles. The van der Waals surface area contributed by atoms with Gasteiger partial charge in [-0.15, -0.1) is 0 Å². The Kier molecular flexibility index (Phi) is 2.99. The van der Waals surface area contributed by atoms with Gasteiger partial charge in [0.1, 0.15) is 0 Å². The molecule has 23 heavy (non-hydrogen) atoms. The highest BCUT2D eigenvalue weighted by Gasteiger charge is 2.17. The van der Waals surface area contributed by atoms with Gasteiger partial charge in [-0.1, -0.05) is 63.2 Å². The maximum Gasteiger partial charge on any atom is -0.00989 e. The Bertz CT molecular complexity index is 1050. The molecule has 0 unspecified atom stereocenters. The molecule has 0 saturated carbocycles. The number of benzene rings is 4. The van der Waals surface area contributed by atoms with Crippen LogP contribution >= 0.6 is 0 Å². The summed E-state index contributed by atoms with van der Waals surface area (Å²) in [7, 11) is 0. The minimum Gasteiger partial charge on any atom is -0.0616 e. The molecule has 0 radical (unpaired) electrons. The first-order valence-electron chi connectivity index (χ1n) is 8.30. The van der Waals surface area contributed by atoms with Gasteiger partial charge in [0.2, 0.25) is 0 Å². The van der Waals surface area contributed by atoms with Crippen molar-refractivity contribution < 1.29 is 0 Å². The van der Waals surface area contributed by atoms with Gasteiger partial charge >= 0.3 is 0 Å². The van der Waals surface area contributed by atoms with Gasteiger partial charge in [-0.05, 0) is 74.0 Å². The molecular formula is C23H22. The van der Waals surface area contributed by atoms with E-state index in [1.54, 1.807) is 0 Å². The highest BCUT2D eigenvalue weighted by Crippen LogP contribution is 2.34. The van der Waals surface area contributed by atoms with Crippen molar-refractivity contribution in [3.63, 3.8) is 0 Å². The Labute approximate surface area is 137 Å². The molecule has 4 rings (SSSR count). The molecule has 0 heteroatoms. The first-order valence-corrected chi connectivity index (χ1v) is 8.30. The van der Waals surface area contributed by atoms with Crippen LogP contribution in [0.3, 0.4) is 0 Å². The average Bonchev–Trinajstić information content (AvgIpc) is 2.51. The quantitative estimate of drug-likeness (QED) is 0.249. The van der Waals surface area contributed by atoms with Crippen LogP contribution in [-0.2, 0) is 5.41 Å². The molecule has 0 heterocycles. The van der Waals surface area contributed by atoms with Gasteiger partial charge in [0.15, 0.2) is 0 Å². The van der Waals surface area contributed by atoms with Crippen LogP contribution in [0.2, 0.25) is 0 Å². The molecule has 4 aromatic carbocycles. The van der Waals surface area contributed by atoms with Crippen molar-refractivity contribution in [1.82, 2.24) is 0 Å². The van der Waals surface area contributed by atoms with E-state index < -0.39 is 0 Å². The molecule has 0 amide bonds. The zero-order valence-corrected chi connectivity index (χ0v) is 14.3. The Morgan fingerprint density at radius 1 is 0.609 bits per heavy atom. The Morgan fingerprint density at radius 2 is 1.17 bits per heavy atom. The van der Waals surface area contributed by atoms with E-state index in [1.807, 2.05) is 0 Å². The fraction of sp³-hybridized carbons (Fsp3) is 0.217. The molecule has 0 bridgehead atoms. The van der Waals surface area contributed by atoms with Crippen LogP contribution in [0, 0.1) is 6.92 Å². The third-order valence-corrected chi connectivity index (χ3v) is 4.86. The molecule has 0 nitrogen and oxygen atoms in total. The lowest BCUT2D eigenvalue weighted by Crippen LogP contribution is -2.12. The van der Waals surface area contributed by atoms with Gasteiger partial charge < -0.3 is 0 Å². The number of hydrogen-bond acceptors (Lipinski definition) is 0. The van der Waals surface area contributed by atoms with Gasteiger partial charge in [-0.2, -0.15) is 0 Å². The second-order valence-electron chi connectivity index (χ2n) is 7.62. The van der Waals surface area contributed by atoms with Crippen molar-refractivity contribution in [2.45, 2.75) is 33.1 Å². The second kappa shape index (κ2) is 4.83. The van der Waals surface area contributed by atoms with E-state index in [2.05, 4.69) is 88.4 Å². The molecule has 4 aromatic rings. The van der Waals surface area contributed by atoms with E-state index in [1.165, 1.54) is 43.4 Å². The summed E-state index contributed by atoms with van der Waals surface area (Å²) >= 11 is 0. The zero-order chi connectivity index (χ0) is 16.2. The Balaban J connectivity index is 2.16. The number of aryl methyl sites for hydroxylation is 1. The molecule has 0 atom stereocenters. The van der Waals surface area contributed by atoms with Gasteiger partial charge in [0.05, 0.1) is 0 Å². The van der Waals surface area contributed by atoms with Crippen LogP contribution < -0.4 is 0 Å². The van der Waals surface area contributed by atoms with Gasteiger partial charge in [0.25, 0.3) is 0 Å². The minimum absolute atomic E-state index is 0.164. The molecule has 0 aliphatic rings. The van der Waals surface area contributed by atoms with Gasteiger partial charge in [-0.3, -0.25) is 0 Å². The lowest BCUT2D eigenvalue weighted by molar-refractivity contribution is 0.587. The second-order valence-corrected chi connectivity index (χ2v) is 7.62. The van der Waals surface area contributed by atoms with Crippen molar-refractivity contribution >= 4 is 32.3 Å². The highest BCUT2D eigenvalue weighted by molar-refractivity contribution is 6.12. The fourth-order valence-electron chi connectivity index (χ4n) is 3.72. The first kappa shape index (κ1) is 14.3. The lowest BCUT2D eigenvalue weighted by atomic mass is 9.82. The van der Waals surface area contributed by atoms with Crippen LogP contribution in [0.15, 0.2) is 60.7 Å². The SMILES string of the molecule is Cc1cc2ccc3cc4ccccc4cc3c2cc1C(C)(C)C. The molecule has 0 fully saturated rings. The lowest BCUT2D eigenvalue weighted by Gasteiger charge is -2.23. The van der Waals surface area contributed by atoms with E-state index in [9.17, 15) is 0 Å². The van der Waals surface area contributed by atoms with Crippen molar-refractivity contribution in [1.29, 1.82) is 0 Å². The van der Waals surface area contributed by atoms with Crippen molar-refractivity contribution in [2.75, 3.05) is 0 Å².